The molecule has 0 aliphatic heterocycles. The van der Waals surface area contributed by atoms with E-state index in [2.05, 4.69) is 6.92 Å². The van der Waals surface area contributed by atoms with Crippen LogP contribution in [-0.4, -0.2) is 35.8 Å². The summed E-state index contributed by atoms with van der Waals surface area (Å²) in [5, 5.41) is 0. The highest BCUT2D eigenvalue weighted by Gasteiger charge is 2.51. The van der Waals surface area contributed by atoms with Crippen molar-refractivity contribution in [1.29, 1.82) is 0 Å². The van der Waals surface area contributed by atoms with Gasteiger partial charge in [-0.15, -0.1) is 0 Å². The molecule has 0 N–H and O–H groups in total. The summed E-state index contributed by atoms with van der Waals surface area (Å²) < 4.78 is 11.5. The zero-order chi connectivity index (χ0) is 20.6. The third-order valence-electron chi connectivity index (χ3n) is 6.16. The predicted molar refractivity (Wildman–Crippen MR) is 103 cm³/mol. The van der Waals surface area contributed by atoms with Gasteiger partial charge in [0.1, 0.15) is 11.2 Å². The van der Waals surface area contributed by atoms with Gasteiger partial charge in [-0.25, -0.2) is 0 Å². The molecule has 0 spiro atoms. The van der Waals surface area contributed by atoms with Gasteiger partial charge >= 0.3 is 5.97 Å². The Labute approximate surface area is 162 Å². The smallest absolute Gasteiger partial charge is 0.319 e. The Bertz CT molecular complexity index is 669. The molecule has 0 bridgehead atoms. The quantitative estimate of drug-likeness (QED) is 0.512. The van der Waals surface area contributed by atoms with Crippen molar-refractivity contribution in [1.82, 2.24) is 0 Å². The van der Waals surface area contributed by atoms with Gasteiger partial charge in [0.2, 0.25) is 0 Å². The van der Waals surface area contributed by atoms with E-state index in [1.54, 1.807) is 13.8 Å². The van der Waals surface area contributed by atoms with E-state index in [4.69, 9.17) is 9.47 Å². The molecule has 0 amide bonds. The number of carbonyl (C=O) groups is 3. The molecule has 0 radical (unpaired) electrons. The molecule has 1 saturated carbocycles. The van der Waals surface area contributed by atoms with E-state index in [1.165, 1.54) is 6.92 Å². The second kappa shape index (κ2) is 7.50. The Kier molecular flexibility index (Phi) is 6.05. The monoisotopic (exact) mass is 378 g/mol. The predicted octanol–water partition coefficient (Wildman–Crippen LogP) is 4.18. The number of hydrogen-bond acceptors (Lipinski definition) is 5. The molecule has 0 heterocycles. The lowest BCUT2D eigenvalue weighted by molar-refractivity contribution is -0.158. The van der Waals surface area contributed by atoms with Gasteiger partial charge in [0, 0.05) is 11.8 Å². The van der Waals surface area contributed by atoms with Crippen LogP contribution in [-0.2, 0) is 23.9 Å². The number of rotatable bonds is 6. The van der Waals surface area contributed by atoms with Crippen LogP contribution >= 0.6 is 0 Å². The molecule has 0 saturated heterocycles. The Morgan fingerprint density at radius 3 is 2.33 bits per heavy atom. The number of Topliss-reactive ketones (excluding diaryl/α,β-unsaturated/α-hetero) is 2. The van der Waals surface area contributed by atoms with Crippen molar-refractivity contribution in [2.75, 3.05) is 6.61 Å². The number of esters is 1. The van der Waals surface area contributed by atoms with Gasteiger partial charge in [0.25, 0.3) is 0 Å². The summed E-state index contributed by atoms with van der Waals surface area (Å²) in [5.41, 5.74) is -0.0823. The number of allylic oxidation sites excluding steroid dienone is 1. The van der Waals surface area contributed by atoms with Gasteiger partial charge in [0.05, 0.1) is 18.3 Å². The highest BCUT2D eigenvalue weighted by atomic mass is 16.5. The maximum absolute atomic E-state index is 12.8. The minimum absolute atomic E-state index is 0.0433. The van der Waals surface area contributed by atoms with Crippen LogP contribution < -0.4 is 0 Å². The van der Waals surface area contributed by atoms with E-state index in [0.29, 0.717) is 12.0 Å². The van der Waals surface area contributed by atoms with Crippen molar-refractivity contribution in [2.24, 2.45) is 10.8 Å². The first kappa shape index (κ1) is 21.8. The highest BCUT2D eigenvalue weighted by Crippen LogP contribution is 2.54. The third kappa shape index (κ3) is 4.18. The summed E-state index contributed by atoms with van der Waals surface area (Å²) in [6, 6.07) is 0. The van der Waals surface area contributed by atoms with E-state index in [9.17, 15) is 14.4 Å². The summed E-state index contributed by atoms with van der Waals surface area (Å²) in [6.45, 7) is 13.2. The standard InChI is InChI=1S/C22H34O5/c1-8-26-19(25)22(7,14(2)23)13-15-16-9-10-18(27-20(3,4)5)21(16,6)12-11-17(15)24/h18H,8-13H2,1-7H3/t18-,21-,22?/m0/s1. The minimum atomic E-state index is -1.32. The largest absolute Gasteiger partial charge is 0.465 e. The van der Waals surface area contributed by atoms with Crippen LogP contribution in [0.3, 0.4) is 0 Å². The normalized spacial score (nSPS) is 28.0. The van der Waals surface area contributed by atoms with Gasteiger partial charge in [0.15, 0.2) is 5.78 Å². The van der Waals surface area contributed by atoms with Crippen molar-refractivity contribution in [3.63, 3.8) is 0 Å². The fourth-order valence-electron chi connectivity index (χ4n) is 4.38. The van der Waals surface area contributed by atoms with E-state index in [-0.39, 0.29) is 41.7 Å². The summed E-state index contributed by atoms with van der Waals surface area (Å²) in [7, 11) is 0. The summed E-state index contributed by atoms with van der Waals surface area (Å²) in [6.07, 6.45) is 2.97. The van der Waals surface area contributed by atoms with Crippen LogP contribution in [0.4, 0.5) is 0 Å². The van der Waals surface area contributed by atoms with Gasteiger partial charge in [-0.05, 0) is 72.8 Å². The third-order valence-corrected chi connectivity index (χ3v) is 6.16. The molecule has 5 heteroatoms. The molecule has 0 aromatic carbocycles. The number of hydrogen-bond donors (Lipinski definition) is 0. The molecule has 0 aromatic rings. The van der Waals surface area contributed by atoms with Gasteiger partial charge in [-0.1, -0.05) is 12.5 Å². The Morgan fingerprint density at radius 2 is 1.81 bits per heavy atom. The fraction of sp³-hybridized carbons (Fsp3) is 0.773. The molecular weight excluding hydrogens is 344 g/mol. The topological polar surface area (TPSA) is 69.7 Å². The molecule has 2 rings (SSSR count). The van der Waals surface area contributed by atoms with E-state index < -0.39 is 11.4 Å². The lowest BCUT2D eigenvalue weighted by Gasteiger charge is -2.40. The molecule has 5 nitrogen and oxygen atoms in total. The van der Waals surface area contributed by atoms with Crippen LogP contribution in [0.1, 0.15) is 80.6 Å². The maximum atomic E-state index is 12.8. The lowest BCUT2D eigenvalue weighted by Crippen LogP contribution is -2.42. The summed E-state index contributed by atoms with van der Waals surface area (Å²) >= 11 is 0. The van der Waals surface area contributed by atoms with E-state index in [1.807, 2.05) is 20.8 Å². The fourth-order valence-corrected chi connectivity index (χ4v) is 4.38. The molecular formula is C22H34O5. The molecule has 1 unspecified atom stereocenters. The minimum Gasteiger partial charge on any atom is -0.465 e. The summed E-state index contributed by atoms with van der Waals surface area (Å²) in [4.78, 5) is 37.6. The molecule has 0 aromatic heterocycles. The van der Waals surface area contributed by atoms with Crippen molar-refractivity contribution < 1.29 is 23.9 Å². The highest BCUT2D eigenvalue weighted by molar-refractivity contribution is 6.05. The van der Waals surface area contributed by atoms with Crippen molar-refractivity contribution in [3.05, 3.63) is 11.1 Å². The average molecular weight is 379 g/mol. The molecule has 2 aliphatic rings. The van der Waals surface area contributed by atoms with Crippen LogP contribution in [0.2, 0.25) is 0 Å². The van der Waals surface area contributed by atoms with Gasteiger partial charge in [-0.2, -0.15) is 0 Å². The average Bonchev–Trinajstić information content (AvgIpc) is 2.86. The number of carbonyl (C=O) groups excluding carboxylic acids is 3. The van der Waals surface area contributed by atoms with E-state index >= 15 is 0 Å². The van der Waals surface area contributed by atoms with Gasteiger partial charge < -0.3 is 9.47 Å². The number of ketones is 2. The molecule has 1 fully saturated rings. The van der Waals surface area contributed by atoms with Crippen LogP contribution in [0, 0.1) is 10.8 Å². The molecule has 27 heavy (non-hydrogen) atoms. The Balaban J connectivity index is 2.43. The maximum Gasteiger partial charge on any atom is 0.319 e. The SMILES string of the molecule is CCOC(=O)C(C)(CC1=C2CC[C@H](OC(C)(C)C)[C@@]2(C)CCC1=O)C(C)=O. The Hall–Kier alpha value is -1.49. The van der Waals surface area contributed by atoms with E-state index in [0.717, 1.165) is 24.8 Å². The van der Waals surface area contributed by atoms with Crippen LogP contribution in [0.5, 0.6) is 0 Å². The van der Waals surface area contributed by atoms with Crippen molar-refractivity contribution in [3.8, 4) is 0 Å². The molecule has 152 valence electrons. The Morgan fingerprint density at radius 1 is 1.19 bits per heavy atom. The summed E-state index contributed by atoms with van der Waals surface area (Å²) in [5.74, 6) is -0.767. The zero-order valence-corrected chi connectivity index (χ0v) is 17.9. The van der Waals surface area contributed by atoms with Crippen LogP contribution in [0.25, 0.3) is 0 Å². The lowest BCUT2D eigenvalue weighted by atomic mass is 9.67. The van der Waals surface area contributed by atoms with Crippen LogP contribution in [0.15, 0.2) is 11.1 Å². The van der Waals surface area contributed by atoms with Crippen molar-refractivity contribution in [2.45, 2.75) is 92.3 Å². The molecule has 2 aliphatic carbocycles. The number of fused-ring (bicyclic) bond motifs is 1. The van der Waals surface area contributed by atoms with Gasteiger partial charge in [-0.3, -0.25) is 14.4 Å². The first-order valence-corrected chi connectivity index (χ1v) is 9.97. The first-order chi connectivity index (χ1) is 12.3. The second-order valence-electron chi connectivity index (χ2n) is 9.34. The number of ether oxygens (including phenoxy) is 2. The first-order valence-electron chi connectivity index (χ1n) is 9.97. The second-order valence-corrected chi connectivity index (χ2v) is 9.34. The molecule has 3 atom stereocenters. The van der Waals surface area contributed by atoms with Crippen molar-refractivity contribution >= 4 is 17.5 Å². The zero-order valence-electron chi connectivity index (χ0n) is 17.9.